The van der Waals surface area contributed by atoms with Crippen molar-refractivity contribution in [3.05, 3.63) is 66.2 Å². The summed E-state index contributed by atoms with van der Waals surface area (Å²) in [4.78, 5) is 7.27. The first-order valence-electron chi connectivity index (χ1n) is 10.3. The third-order valence-corrected chi connectivity index (χ3v) is 5.90. The van der Waals surface area contributed by atoms with Crippen LogP contribution >= 0.6 is 0 Å². The highest BCUT2D eigenvalue weighted by Gasteiger charge is 2.28. The molecule has 6 nitrogen and oxygen atoms in total. The average Bonchev–Trinajstić information content (AvgIpc) is 3.37. The molecular weight excluding hydrogens is 374 g/mol. The van der Waals surface area contributed by atoms with Gasteiger partial charge in [0.05, 0.1) is 16.8 Å². The largest absolute Gasteiger partial charge is 0.486 e. The van der Waals surface area contributed by atoms with E-state index in [9.17, 15) is 5.26 Å². The fourth-order valence-corrected chi connectivity index (χ4v) is 4.12. The lowest BCUT2D eigenvalue weighted by Crippen LogP contribution is -2.17. The average molecular weight is 397 g/mol. The zero-order chi connectivity index (χ0) is 20.5. The first-order chi connectivity index (χ1) is 14.8. The van der Waals surface area contributed by atoms with Crippen LogP contribution in [0.2, 0.25) is 0 Å². The minimum Gasteiger partial charge on any atom is -0.486 e. The molecule has 0 bridgehead atoms. The molecule has 1 fully saturated rings. The summed E-state index contributed by atoms with van der Waals surface area (Å²) < 4.78 is 8.32. The molecule has 2 aromatic heterocycles. The van der Waals surface area contributed by atoms with Crippen molar-refractivity contribution in [1.82, 2.24) is 14.5 Å². The van der Waals surface area contributed by atoms with E-state index in [2.05, 4.69) is 56.3 Å². The Morgan fingerprint density at radius 3 is 2.70 bits per heavy atom. The van der Waals surface area contributed by atoms with Crippen molar-refractivity contribution in [2.75, 3.05) is 12.4 Å². The minimum absolute atomic E-state index is 0.381. The van der Waals surface area contributed by atoms with Gasteiger partial charge in [0.1, 0.15) is 24.3 Å². The van der Waals surface area contributed by atoms with Crippen molar-refractivity contribution in [1.29, 1.82) is 5.26 Å². The molecule has 2 aromatic carbocycles. The van der Waals surface area contributed by atoms with Crippen molar-refractivity contribution >= 4 is 16.6 Å². The van der Waals surface area contributed by atoms with Gasteiger partial charge in [0.2, 0.25) is 0 Å². The monoisotopic (exact) mass is 397 g/mol. The maximum absolute atomic E-state index is 10.0. The SMILES string of the molecule is CNc1ccc(-c2c(C#N)c3ccc(OCc4ncc[nH]4)cc3n2C2CCC2)cc1. The third kappa shape index (κ3) is 3.09. The first kappa shape index (κ1) is 18.3. The number of hydrogen-bond donors (Lipinski definition) is 2. The molecule has 30 heavy (non-hydrogen) atoms. The third-order valence-electron chi connectivity index (χ3n) is 5.90. The molecule has 1 saturated carbocycles. The Labute approximate surface area is 175 Å². The van der Waals surface area contributed by atoms with E-state index in [-0.39, 0.29) is 0 Å². The second-order valence-electron chi connectivity index (χ2n) is 7.62. The molecule has 2 N–H and O–H groups in total. The highest BCUT2D eigenvalue weighted by molar-refractivity contribution is 5.95. The topological polar surface area (TPSA) is 78.7 Å². The molecular formula is C24H23N5O. The molecule has 0 spiro atoms. The summed E-state index contributed by atoms with van der Waals surface area (Å²) in [5.74, 6) is 1.56. The summed E-state index contributed by atoms with van der Waals surface area (Å²) in [6, 6.07) is 17.2. The highest BCUT2D eigenvalue weighted by Crippen LogP contribution is 2.43. The van der Waals surface area contributed by atoms with E-state index in [4.69, 9.17) is 4.74 Å². The van der Waals surface area contributed by atoms with E-state index in [1.165, 1.54) is 6.42 Å². The summed E-state index contributed by atoms with van der Waals surface area (Å²) in [5, 5.41) is 14.2. The quantitative estimate of drug-likeness (QED) is 0.466. The Balaban J connectivity index is 1.63. The van der Waals surface area contributed by atoms with Gasteiger partial charge in [0, 0.05) is 42.6 Å². The van der Waals surface area contributed by atoms with Crippen LogP contribution in [0.15, 0.2) is 54.9 Å². The maximum atomic E-state index is 10.0. The number of nitrogens with one attached hydrogen (secondary N) is 2. The van der Waals surface area contributed by atoms with E-state index in [1.807, 2.05) is 19.2 Å². The Morgan fingerprint density at radius 1 is 1.23 bits per heavy atom. The summed E-state index contributed by atoms with van der Waals surface area (Å²) in [7, 11) is 1.91. The highest BCUT2D eigenvalue weighted by atomic mass is 16.5. The molecule has 1 aliphatic rings. The lowest BCUT2D eigenvalue weighted by Gasteiger charge is -2.30. The maximum Gasteiger partial charge on any atom is 0.146 e. The Morgan fingerprint density at radius 2 is 2.07 bits per heavy atom. The summed E-state index contributed by atoms with van der Waals surface area (Å²) in [5.41, 5.74) is 4.90. The Hall–Kier alpha value is -3.72. The molecule has 0 unspecified atom stereocenters. The van der Waals surface area contributed by atoms with Crippen molar-refractivity contribution in [3.63, 3.8) is 0 Å². The molecule has 2 heterocycles. The van der Waals surface area contributed by atoms with Gasteiger partial charge in [-0.25, -0.2) is 4.98 Å². The lowest BCUT2D eigenvalue weighted by atomic mass is 9.92. The molecule has 1 aliphatic carbocycles. The van der Waals surface area contributed by atoms with Crippen LogP contribution in [0.5, 0.6) is 5.75 Å². The predicted molar refractivity (Wildman–Crippen MR) is 117 cm³/mol. The molecule has 150 valence electrons. The second-order valence-corrected chi connectivity index (χ2v) is 7.62. The van der Waals surface area contributed by atoms with E-state index in [0.717, 1.165) is 57.8 Å². The van der Waals surface area contributed by atoms with Crippen molar-refractivity contribution in [3.8, 4) is 23.1 Å². The molecule has 0 amide bonds. The van der Waals surface area contributed by atoms with Crippen LogP contribution in [0.1, 0.15) is 36.7 Å². The number of rotatable bonds is 6. The number of benzene rings is 2. The molecule has 5 rings (SSSR count). The second kappa shape index (κ2) is 7.60. The van der Waals surface area contributed by atoms with Crippen LogP contribution in [-0.2, 0) is 6.61 Å². The zero-order valence-electron chi connectivity index (χ0n) is 16.9. The van der Waals surface area contributed by atoms with Gasteiger partial charge < -0.3 is 19.6 Å². The van der Waals surface area contributed by atoms with E-state index < -0.39 is 0 Å². The summed E-state index contributed by atoms with van der Waals surface area (Å²) in [6.07, 6.45) is 6.99. The van der Waals surface area contributed by atoms with Gasteiger partial charge in [-0.2, -0.15) is 5.26 Å². The number of imidazole rings is 1. The molecule has 4 aromatic rings. The number of nitriles is 1. The number of hydrogen-bond acceptors (Lipinski definition) is 4. The van der Waals surface area contributed by atoms with Gasteiger partial charge in [-0.05, 0) is 49.1 Å². The molecule has 0 atom stereocenters. The minimum atomic E-state index is 0.381. The smallest absolute Gasteiger partial charge is 0.146 e. The first-order valence-corrected chi connectivity index (χ1v) is 10.3. The van der Waals surface area contributed by atoms with Crippen LogP contribution in [0, 0.1) is 11.3 Å². The van der Waals surface area contributed by atoms with E-state index >= 15 is 0 Å². The van der Waals surface area contributed by atoms with Gasteiger partial charge in [0.15, 0.2) is 0 Å². The standard InChI is InChI=1S/C24H23N5O/c1-26-17-7-5-16(6-8-17)24-21(14-25)20-10-9-19(30-15-23-27-11-12-28-23)13-22(20)29(24)18-3-2-4-18/h5-13,18,26H,2-4,15H2,1H3,(H,27,28). The molecule has 0 saturated heterocycles. The lowest BCUT2D eigenvalue weighted by molar-refractivity contribution is 0.296. The van der Waals surface area contributed by atoms with Gasteiger partial charge in [-0.15, -0.1) is 0 Å². The van der Waals surface area contributed by atoms with Crippen molar-refractivity contribution in [2.24, 2.45) is 0 Å². The van der Waals surface area contributed by atoms with Gasteiger partial charge in [-0.1, -0.05) is 12.1 Å². The number of aromatic amines is 1. The van der Waals surface area contributed by atoms with Gasteiger partial charge in [0.25, 0.3) is 0 Å². The van der Waals surface area contributed by atoms with E-state index in [0.29, 0.717) is 12.6 Å². The van der Waals surface area contributed by atoms with Gasteiger partial charge in [-0.3, -0.25) is 0 Å². The fourth-order valence-electron chi connectivity index (χ4n) is 4.12. The number of aromatic nitrogens is 3. The molecule has 0 aliphatic heterocycles. The van der Waals surface area contributed by atoms with Crippen molar-refractivity contribution in [2.45, 2.75) is 31.9 Å². The number of fused-ring (bicyclic) bond motifs is 1. The van der Waals surface area contributed by atoms with Crippen LogP contribution in [0.3, 0.4) is 0 Å². The molecule has 6 heteroatoms. The molecule has 0 radical (unpaired) electrons. The van der Waals surface area contributed by atoms with Gasteiger partial charge >= 0.3 is 0 Å². The van der Waals surface area contributed by atoms with E-state index in [1.54, 1.807) is 12.4 Å². The summed E-state index contributed by atoms with van der Waals surface area (Å²) >= 11 is 0. The summed E-state index contributed by atoms with van der Waals surface area (Å²) in [6.45, 7) is 0.381. The Bertz CT molecular complexity index is 1210. The Kier molecular flexibility index (Phi) is 4.64. The van der Waals surface area contributed by atoms with Crippen LogP contribution < -0.4 is 10.1 Å². The zero-order valence-corrected chi connectivity index (χ0v) is 16.9. The van der Waals surface area contributed by atoms with Crippen LogP contribution in [0.4, 0.5) is 5.69 Å². The van der Waals surface area contributed by atoms with Crippen LogP contribution in [-0.4, -0.2) is 21.6 Å². The normalized spacial score (nSPS) is 13.7. The number of anilines is 1. The number of nitrogens with zero attached hydrogens (tertiary/aromatic N) is 3. The number of H-pyrrole nitrogens is 1. The van der Waals surface area contributed by atoms with Crippen molar-refractivity contribution < 1.29 is 4.74 Å². The predicted octanol–water partition coefficient (Wildman–Crippen LogP) is 5.25. The number of ether oxygens (including phenoxy) is 1. The van der Waals surface area contributed by atoms with Crippen LogP contribution in [0.25, 0.3) is 22.2 Å². The fraction of sp³-hybridized carbons (Fsp3) is 0.250.